The van der Waals surface area contributed by atoms with Crippen LogP contribution in [0.2, 0.25) is 0 Å². The van der Waals surface area contributed by atoms with E-state index in [0.717, 1.165) is 12.1 Å². The first-order valence-corrected chi connectivity index (χ1v) is 5.45. The second-order valence-corrected chi connectivity index (χ2v) is 3.71. The Hall–Kier alpha value is -1.49. The zero-order chi connectivity index (χ0) is 12.0. The Kier molecular flexibility index (Phi) is 4.85. The Morgan fingerprint density at radius 3 is 3.00 bits per heavy atom. The SMILES string of the molecule is CCCC(N)C(=O)NCc1ccnc(C)n1. The lowest BCUT2D eigenvalue weighted by atomic mass is 10.1. The van der Waals surface area contributed by atoms with Gasteiger partial charge in [0.25, 0.3) is 0 Å². The summed E-state index contributed by atoms with van der Waals surface area (Å²) >= 11 is 0. The Balaban J connectivity index is 2.42. The molecule has 0 radical (unpaired) electrons. The maximum Gasteiger partial charge on any atom is 0.237 e. The molecule has 1 aromatic rings. The van der Waals surface area contributed by atoms with Crippen LogP contribution in [0.15, 0.2) is 12.3 Å². The summed E-state index contributed by atoms with van der Waals surface area (Å²) < 4.78 is 0. The topological polar surface area (TPSA) is 80.9 Å². The van der Waals surface area contributed by atoms with Crippen molar-refractivity contribution < 1.29 is 4.79 Å². The van der Waals surface area contributed by atoms with Gasteiger partial charge in [0.2, 0.25) is 5.91 Å². The number of nitrogens with two attached hydrogens (primary N) is 1. The monoisotopic (exact) mass is 222 g/mol. The van der Waals surface area contributed by atoms with E-state index in [1.54, 1.807) is 12.3 Å². The molecule has 0 aliphatic rings. The van der Waals surface area contributed by atoms with E-state index in [4.69, 9.17) is 5.73 Å². The molecular weight excluding hydrogens is 204 g/mol. The fourth-order valence-electron chi connectivity index (χ4n) is 1.35. The fourth-order valence-corrected chi connectivity index (χ4v) is 1.35. The first-order valence-electron chi connectivity index (χ1n) is 5.45. The summed E-state index contributed by atoms with van der Waals surface area (Å²) in [5, 5.41) is 2.76. The van der Waals surface area contributed by atoms with E-state index < -0.39 is 6.04 Å². The smallest absolute Gasteiger partial charge is 0.237 e. The van der Waals surface area contributed by atoms with Gasteiger partial charge in [0.1, 0.15) is 5.82 Å². The normalized spacial score (nSPS) is 12.2. The molecule has 5 nitrogen and oxygen atoms in total. The third-order valence-corrected chi connectivity index (χ3v) is 2.21. The lowest BCUT2D eigenvalue weighted by Gasteiger charge is -2.10. The molecule has 88 valence electrons. The van der Waals surface area contributed by atoms with Gasteiger partial charge in [-0.25, -0.2) is 9.97 Å². The average molecular weight is 222 g/mol. The van der Waals surface area contributed by atoms with Crippen molar-refractivity contribution in [2.75, 3.05) is 0 Å². The molecular formula is C11H18N4O. The van der Waals surface area contributed by atoms with Gasteiger partial charge in [-0.05, 0) is 19.4 Å². The van der Waals surface area contributed by atoms with Crippen LogP contribution >= 0.6 is 0 Å². The zero-order valence-electron chi connectivity index (χ0n) is 9.73. The minimum absolute atomic E-state index is 0.127. The lowest BCUT2D eigenvalue weighted by Crippen LogP contribution is -2.40. The molecule has 16 heavy (non-hydrogen) atoms. The number of aryl methyl sites for hydroxylation is 1. The maximum atomic E-state index is 11.5. The second kappa shape index (κ2) is 6.17. The van der Waals surface area contributed by atoms with Crippen LogP contribution in [0.3, 0.4) is 0 Å². The molecule has 0 bridgehead atoms. The van der Waals surface area contributed by atoms with Gasteiger partial charge in [-0.3, -0.25) is 4.79 Å². The van der Waals surface area contributed by atoms with Crippen molar-refractivity contribution in [2.45, 2.75) is 39.3 Å². The number of nitrogens with zero attached hydrogens (tertiary/aromatic N) is 2. The van der Waals surface area contributed by atoms with Gasteiger partial charge >= 0.3 is 0 Å². The number of nitrogens with one attached hydrogen (secondary N) is 1. The third kappa shape index (κ3) is 3.94. The Labute approximate surface area is 95.5 Å². The number of hydrogen-bond donors (Lipinski definition) is 2. The van der Waals surface area contributed by atoms with E-state index in [0.29, 0.717) is 18.8 Å². The number of aromatic nitrogens is 2. The average Bonchev–Trinajstić information content (AvgIpc) is 2.26. The lowest BCUT2D eigenvalue weighted by molar-refractivity contribution is -0.122. The quantitative estimate of drug-likeness (QED) is 0.761. The summed E-state index contributed by atoms with van der Waals surface area (Å²) in [5.74, 6) is 0.572. The van der Waals surface area contributed by atoms with Gasteiger partial charge in [0, 0.05) is 6.20 Å². The molecule has 1 heterocycles. The minimum atomic E-state index is -0.423. The van der Waals surface area contributed by atoms with E-state index in [9.17, 15) is 4.79 Å². The highest BCUT2D eigenvalue weighted by Gasteiger charge is 2.11. The zero-order valence-corrected chi connectivity index (χ0v) is 9.73. The molecule has 1 unspecified atom stereocenters. The van der Waals surface area contributed by atoms with E-state index in [1.807, 2.05) is 13.8 Å². The molecule has 1 aromatic heterocycles. The van der Waals surface area contributed by atoms with Crippen LogP contribution in [0.5, 0.6) is 0 Å². The van der Waals surface area contributed by atoms with E-state index in [1.165, 1.54) is 0 Å². The number of amides is 1. The molecule has 1 rings (SSSR count). The summed E-state index contributed by atoms with van der Waals surface area (Å²) in [6, 6.07) is 1.35. The van der Waals surface area contributed by atoms with E-state index in [2.05, 4.69) is 15.3 Å². The van der Waals surface area contributed by atoms with Crippen LogP contribution in [-0.2, 0) is 11.3 Å². The summed E-state index contributed by atoms with van der Waals surface area (Å²) in [6.07, 6.45) is 3.28. The predicted octanol–water partition coefficient (Wildman–Crippen LogP) is 0.529. The van der Waals surface area contributed by atoms with Gasteiger partial charge < -0.3 is 11.1 Å². The highest BCUT2D eigenvalue weighted by Crippen LogP contribution is 1.96. The van der Waals surface area contributed by atoms with Crippen molar-refractivity contribution in [3.05, 3.63) is 23.8 Å². The summed E-state index contributed by atoms with van der Waals surface area (Å²) in [5.41, 5.74) is 6.47. The van der Waals surface area contributed by atoms with Crippen molar-refractivity contribution in [3.8, 4) is 0 Å². The molecule has 0 aliphatic carbocycles. The maximum absolute atomic E-state index is 11.5. The van der Waals surface area contributed by atoms with Crippen LogP contribution < -0.4 is 11.1 Å². The molecule has 0 aliphatic heterocycles. The first kappa shape index (κ1) is 12.6. The Morgan fingerprint density at radius 1 is 1.62 bits per heavy atom. The number of carbonyl (C=O) groups is 1. The number of rotatable bonds is 5. The number of hydrogen-bond acceptors (Lipinski definition) is 4. The van der Waals surface area contributed by atoms with Crippen LogP contribution in [0, 0.1) is 6.92 Å². The summed E-state index contributed by atoms with van der Waals surface area (Å²) in [6.45, 7) is 4.22. The molecule has 0 aromatic carbocycles. The van der Waals surface area contributed by atoms with Gasteiger partial charge in [-0.2, -0.15) is 0 Å². The van der Waals surface area contributed by atoms with Gasteiger partial charge in [-0.1, -0.05) is 13.3 Å². The van der Waals surface area contributed by atoms with Crippen LogP contribution in [0.25, 0.3) is 0 Å². The summed E-state index contributed by atoms with van der Waals surface area (Å²) in [4.78, 5) is 19.7. The Morgan fingerprint density at radius 2 is 2.38 bits per heavy atom. The van der Waals surface area contributed by atoms with Gasteiger partial charge in [0.15, 0.2) is 0 Å². The van der Waals surface area contributed by atoms with Crippen molar-refractivity contribution >= 4 is 5.91 Å². The van der Waals surface area contributed by atoms with Crippen molar-refractivity contribution in [2.24, 2.45) is 5.73 Å². The molecule has 0 saturated carbocycles. The first-order chi connectivity index (χ1) is 7.63. The molecule has 0 saturated heterocycles. The fraction of sp³-hybridized carbons (Fsp3) is 0.545. The molecule has 1 amide bonds. The van der Waals surface area contributed by atoms with Crippen LogP contribution in [0.4, 0.5) is 0 Å². The van der Waals surface area contributed by atoms with E-state index >= 15 is 0 Å². The molecule has 0 spiro atoms. The molecule has 1 atom stereocenters. The minimum Gasteiger partial charge on any atom is -0.349 e. The Bertz CT molecular complexity index is 354. The van der Waals surface area contributed by atoms with Crippen molar-refractivity contribution in [1.82, 2.24) is 15.3 Å². The molecule has 5 heteroatoms. The number of carbonyl (C=O) groups excluding carboxylic acids is 1. The largest absolute Gasteiger partial charge is 0.349 e. The van der Waals surface area contributed by atoms with Crippen LogP contribution in [0.1, 0.15) is 31.3 Å². The van der Waals surface area contributed by atoms with Crippen molar-refractivity contribution in [3.63, 3.8) is 0 Å². The van der Waals surface area contributed by atoms with E-state index in [-0.39, 0.29) is 5.91 Å². The van der Waals surface area contributed by atoms with Crippen molar-refractivity contribution in [1.29, 1.82) is 0 Å². The second-order valence-electron chi connectivity index (χ2n) is 3.71. The molecule has 3 N–H and O–H groups in total. The van der Waals surface area contributed by atoms with Crippen LogP contribution in [-0.4, -0.2) is 21.9 Å². The predicted molar refractivity (Wildman–Crippen MR) is 61.5 cm³/mol. The highest BCUT2D eigenvalue weighted by atomic mass is 16.2. The summed E-state index contributed by atoms with van der Waals surface area (Å²) in [7, 11) is 0. The van der Waals surface area contributed by atoms with Gasteiger partial charge in [0.05, 0.1) is 18.3 Å². The van der Waals surface area contributed by atoms with Gasteiger partial charge in [-0.15, -0.1) is 0 Å². The standard InChI is InChI=1S/C11H18N4O/c1-3-4-10(12)11(16)14-7-9-5-6-13-8(2)15-9/h5-6,10H,3-4,7,12H2,1-2H3,(H,14,16). The molecule has 0 fully saturated rings. The third-order valence-electron chi connectivity index (χ3n) is 2.21. The highest BCUT2D eigenvalue weighted by molar-refractivity contribution is 5.81.